The molecule has 1 heterocycles. The standard InChI is InChI=1S/C22H17FN2OS/c23-18-10-4-2-8-16(18)14-24-22(26)17-9-3-1-7-15(17)13-21-25-19-11-5-6-12-20(19)27-21/h1-12H,13-14H2,(H,24,26). The molecule has 0 radical (unpaired) electrons. The van der Waals surface area contributed by atoms with Crippen LogP contribution in [0.5, 0.6) is 0 Å². The molecule has 1 N–H and O–H groups in total. The number of halogens is 1. The highest BCUT2D eigenvalue weighted by atomic mass is 32.1. The summed E-state index contributed by atoms with van der Waals surface area (Å²) in [5, 5.41) is 3.78. The summed E-state index contributed by atoms with van der Waals surface area (Å²) in [5.74, 6) is -0.532. The van der Waals surface area contributed by atoms with Gasteiger partial charge in [0.25, 0.3) is 5.91 Å². The van der Waals surface area contributed by atoms with E-state index in [2.05, 4.69) is 10.3 Å². The summed E-state index contributed by atoms with van der Waals surface area (Å²) >= 11 is 1.63. The number of carbonyl (C=O) groups excluding carboxylic acids is 1. The molecule has 0 spiro atoms. The lowest BCUT2D eigenvalue weighted by Crippen LogP contribution is -2.24. The number of thiazole rings is 1. The Kier molecular flexibility index (Phi) is 4.94. The third-order valence-electron chi connectivity index (χ3n) is 4.34. The molecule has 0 aliphatic rings. The molecule has 1 aromatic heterocycles. The monoisotopic (exact) mass is 376 g/mol. The van der Waals surface area contributed by atoms with Crippen molar-refractivity contribution >= 4 is 27.5 Å². The number of hydrogen-bond acceptors (Lipinski definition) is 3. The number of carbonyl (C=O) groups is 1. The zero-order valence-electron chi connectivity index (χ0n) is 14.5. The van der Waals surface area contributed by atoms with Gasteiger partial charge in [-0.05, 0) is 29.8 Å². The maximum absolute atomic E-state index is 13.8. The Bertz CT molecular complexity index is 1070. The van der Waals surface area contributed by atoms with Gasteiger partial charge in [-0.25, -0.2) is 9.37 Å². The highest BCUT2D eigenvalue weighted by Gasteiger charge is 2.13. The maximum Gasteiger partial charge on any atom is 0.251 e. The number of rotatable bonds is 5. The van der Waals surface area contributed by atoms with E-state index in [9.17, 15) is 9.18 Å². The van der Waals surface area contributed by atoms with Crippen LogP contribution in [0.25, 0.3) is 10.2 Å². The minimum absolute atomic E-state index is 0.154. The second-order valence-electron chi connectivity index (χ2n) is 6.18. The SMILES string of the molecule is O=C(NCc1ccccc1F)c1ccccc1Cc1nc2ccccc2s1. The molecular weight excluding hydrogens is 359 g/mol. The molecule has 3 aromatic carbocycles. The predicted molar refractivity (Wildman–Crippen MR) is 106 cm³/mol. The van der Waals surface area contributed by atoms with Gasteiger partial charge in [0.1, 0.15) is 5.82 Å². The highest BCUT2D eigenvalue weighted by molar-refractivity contribution is 7.18. The Balaban J connectivity index is 1.53. The van der Waals surface area contributed by atoms with Gasteiger partial charge in [-0.2, -0.15) is 0 Å². The van der Waals surface area contributed by atoms with Gasteiger partial charge in [0.05, 0.1) is 15.2 Å². The van der Waals surface area contributed by atoms with Crippen molar-refractivity contribution in [2.24, 2.45) is 0 Å². The molecule has 0 atom stereocenters. The van der Waals surface area contributed by atoms with Crippen molar-refractivity contribution < 1.29 is 9.18 Å². The second kappa shape index (κ2) is 7.68. The quantitative estimate of drug-likeness (QED) is 0.535. The molecule has 0 aliphatic carbocycles. The van der Waals surface area contributed by atoms with Crippen molar-refractivity contribution in [2.75, 3.05) is 0 Å². The van der Waals surface area contributed by atoms with Gasteiger partial charge in [-0.15, -0.1) is 11.3 Å². The molecule has 0 fully saturated rings. The average Bonchev–Trinajstić information content (AvgIpc) is 3.10. The number of aromatic nitrogens is 1. The van der Waals surface area contributed by atoms with Crippen molar-refractivity contribution in [3.05, 3.63) is 100 Å². The van der Waals surface area contributed by atoms with E-state index in [-0.39, 0.29) is 18.3 Å². The van der Waals surface area contributed by atoms with Crippen LogP contribution in [0.2, 0.25) is 0 Å². The molecule has 4 aromatic rings. The fourth-order valence-corrected chi connectivity index (χ4v) is 3.96. The van der Waals surface area contributed by atoms with Crippen LogP contribution >= 0.6 is 11.3 Å². The summed E-state index contributed by atoms with van der Waals surface area (Å²) in [6.07, 6.45) is 0.586. The van der Waals surface area contributed by atoms with Crippen LogP contribution in [-0.4, -0.2) is 10.9 Å². The average molecular weight is 376 g/mol. The number of fused-ring (bicyclic) bond motifs is 1. The summed E-state index contributed by atoms with van der Waals surface area (Å²) in [7, 11) is 0. The normalized spacial score (nSPS) is 10.9. The number of nitrogens with one attached hydrogen (secondary N) is 1. The minimum Gasteiger partial charge on any atom is -0.348 e. The molecule has 3 nitrogen and oxygen atoms in total. The van der Waals surface area contributed by atoms with Gasteiger partial charge >= 0.3 is 0 Å². The van der Waals surface area contributed by atoms with Gasteiger partial charge in [-0.1, -0.05) is 48.5 Å². The van der Waals surface area contributed by atoms with E-state index >= 15 is 0 Å². The first kappa shape index (κ1) is 17.4. The van der Waals surface area contributed by atoms with E-state index in [0.717, 1.165) is 20.8 Å². The van der Waals surface area contributed by atoms with Crippen molar-refractivity contribution in [2.45, 2.75) is 13.0 Å². The van der Waals surface area contributed by atoms with Crippen LogP contribution in [0, 0.1) is 5.82 Å². The Morgan fingerprint density at radius 2 is 1.63 bits per heavy atom. The lowest BCUT2D eigenvalue weighted by molar-refractivity contribution is 0.0950. The van der Waals surface area contributed by atoms with Crippen molar-refractivity contribution in [1.82, 2.24) is 10.3 Å². The van der Waals surface area contributed by atoms with Crippen molar-refractivity contribution in [3.8, 4) is 0 Å². The molecule has 0 unspecified atom stereocenters. The van der Waals surface area contributed by atoms with E-state index in [1.807, 2.05) is 42.5 Å². The molecule has 0 bridgehead atoms. The number of benzene rings is 3. The minimum atomic E-state index is -0.319. The molecule has 4 rings (SSSR count). The Hall–Kier alpha value is -3.05. The Labute approximate surface area is 160 Å². The zero-order chi connectivity index (χ0) is 18.6. The van der Waals surface area contributed by atoms with Crippen LogP contribution in [0.3, 0.4) is 0 Å². The zero-order valence-corrected chi connectivity index (χ0v) is 15.3. The number of hydrogen-bond donors (Lipinski definition) is 1. The van der Waals surface area contributed by atoms with Crippen LogP contribution in [0.1, 0.15) is 26.5 Å². The van der Waals surface area contributed by atoms with E-state index in [1.54, 1.807) is 35.6 Å². The molecule has 5 heteroatoms. The molecule has 1 amide bonds. The molecule has 0 saturated heterocycles. The van der Waals surface area contributed by atoms with E-state index < -0.39 is 0 Å². The first-order chi connectivity index (χ1) is 13.2. The van der Waals surface area contributed by atoms with Gasteiger partial charge in [0.15, 0.2) is 0 Å². The Morgan fingerprint density at radius 1 is 0.926 bits per heavy atom. The van der Waals surface area contributed by atoms with Crippen LogP contribution in [-0.2, 0) is 13.0 Å². The van der Waals surface area contributed by atoms with E-state index in [1.165, 1.54) is 6.07 Å². The molecule has 134 valence electrons. The predicted octanol–water partition coefficient (Wildman–Crippen LogP) is 4.96. The van der Waals surface area contributed by atoms with Crippen LogP contribution in [0.4, 0.5) is 4.39 Å². The summed E-state index contributed by atoms with van der Waals surface area (Å²) in [4.78, 5) is 17.3. The van der Waals surface area contributed by atoms with Gasteiger partial charge < -0.3 is 5.32 Å². The highest BCUT2D eigenvalue weighted by Crippen LogP contribution is 2.24. The van der Waals surface area contributed by atoms with Gasteiger partial charge in [0.2, 0.25) is 0 Å². The Morgan fingerprint density at radius 3 is 2.44 bits per heavy atom. The summed E-state index contributed by atoms with van der Waals surface area (Å²) in [6, 6.07) is 21.9. The first-order valence-corrected chi connectivity index (χ1v) is 9.46. The fourth-order valence-electron chi connectivity index (χ4n) is 2.97. The molecular formula is C22H17FN2OS. The van der Waals surface area contributed by atoms with Crippen molar-refractivity contribution in [3.63, 3.8) is 0 Å². The molecule has 27 heavy (non-hydrogen) atoms. The molecule has 0 aliphatic heterocycles. The van der Waals surface area contributed by atoms with E-state index in [4.69, 9.17) is 0 Å². The van der Waals surface area contributed by atoms with Crippen LogP contribution in [0.15, 0.2) is 72.8 Å². The second-order valence-corrected chi connectivity index (χ2v) is 7.30. The summed E-state index contributed by atoms with van der Waals surface area (Å²) in [6.45, 7) is 0.154. The number of amides is 1. The van der Waals surface area contributed by atoms with Crippen molar-refractivity contribution in [1.29, 1.82) is 0 Å². The third kappa shape index (κ3) is 3.88. The fraction of sp³-hybridized carbons (Fsp3) is 0.0909. The third-order valence-corrected chi connectivity index (χ3v) is 5.38. The van der Waals surface area contributed by atoms with Gasteiger partial charge in [-0.3, -0.25) is 4.79 Å². The number of nitrogens with zero attached hydrogens (tertiary/aromatic N) is 1. The lowest BCUT2D eigenvalue weighted by atomic mass is 10.0. The smallest absolute Gasteiger partial charge is 0.251 e. The summed E-state index contributed by atoms with van der Waals surface area (Å²) < 4.78 is 14.9. The first-order valence-electron chi connectivity index (χ1n) is 8.64. The number of para-hydroxylation sites is 1. The molecule has 0 saturated carbocycles. The largest absolute Gasteiger partial charge is 0.348 e. The summed E-state index contributed by atoms with van der Waals surface area (Å²) in [5.41, 5.74) is 2.93. The van der Waals surface area contributed by atoms with E-state index in [0.29, 0.717) is 17.5 Å². The maximum atomic E-state index is 13.8. The topological polar surface area (TPSA) is 42.0 Å². The van der Waals surface area contributed by atoms with Gasteiger partial charge in [0, 0.05) is 24.1 Å². The van der Waals surface area contributed by atoms with Crippen LogP contribution < -0.4 is 5.32 Å². The lowest BCUT2D eigenvalue weighted by Gasteiger charge is -2.10.